The number of hydrogen-bond acceptors (Lipinski definition) is 4. The summed E-state index contributed by atoms with van der Waals surface area (Å²) >= 11 is 0. The largest absolute Gasteiger partial charge is 0.359 e. The number of aliphatic hydroxyl groups is 1. The van der Waals surface area contributed by atoms with Crippen molar-refractivity contribution in [3.8, 4) is 0 Å². The van der Waals surface area contributed by atoms with Crippen molar-refractivity contribution < 1.29 is 19.4 Å². The van der Waals surface area contributed by atoms with Gasteiger partial charge in [0.05, 0.1) is 6.10 Å². The highest BCUT2D eigenvalue weighted by Gasteiger charge is 2.41. The molecule has 0 aromatic rings. The maximum atomic E-state index is 11.3. The summed E-state index contributed by atoms with van der Waals surface area (Å²) in [6.45, 7) is 4.15. The molecule has 102 valence electrons. The summed E-state index contributed by atoms with van der Waals surface area (Å²) in [6.07, 6.45) is 6.57. The summed E-state index contributed by atoms with van der Waals surface area (Å²) in [5.41, 5.74) is 1.29. The van der Waals surface area contributed by atoms with Gasteiger partial charge in [0.25, 0.3) is 5.78 Å². The molecule has 1 saturated heterocycles. The number of carbonyl (C=O) groups is 2. The topological polar surface area (TPSA) is 63.6 Å². The molecule has 0 aliphatic carbocycles. The van der Waals surface area contributed by atoms with Crippen LogP contribution >= 0.6 is 0 Å². The monoisotopic (exact) mass is 254 g/mol. The van der Waals surface area contributed by atoms with Crippen LogP contribution in [0, 0.1) is 0 Å². The number of ketones is 1. The maximum Gasteiger partial charge on any atom is 0.254 e. The molecule has 1 N–H and O–H groups in total. The van der Waals surface area contributed by atoms with E-state index in [0.717, 1.165) is 25.7 Å². The summed E-state index contributed by atoms with van der Waals surface area (Å²) in [5.74, 6) is -2.75. The van der Waals surface area contributed by atoms with Crippen molar-refractivity contribution in [1.29, 1.82) is 0 Å². The number of Topliss-reactive ketones (excluding diaryl/α,β-unsaturated/α-hetero) is 1. The van der Waals surface area contributed by atoms with E-state index in [-0.39, 0.29) is 18.8 Å². The molecule has 1 fully saturated rings. The molecule has 4 nitrogen and oxygen atoms in total. The highest BCUT2D eigenvalue weighted by molar-refractivity contribution is 6.28. The molecule has 0 aromatic carbocycles. The van der Waals surface area contributed by atoms with Gasteiger partial charge in [-0.3, -0.25) is 9.59 Å². The highest BCUT2D eigenvalue weighted by Crippen LogP contribution is 2.29. The molecular formula is C14H22O4. The van der Waals surface area contributed by atoms with Gasteiger partial charge < -0.3 is 9.84 Å². The Morgan fingerprint density at radius 3 is 2.89 bits per heavy atom. The smallest absolute Gasteiger partial charge is 0.254 e. The number of carbonyl (C=O) groups excluding carboxylic acids is 2. The minimum atomic E-state index is -1.88. The zero-order valence-electron chi connectivity index (χ0n) is 11.1. The molecule has 1 unspecified atom stereocenters. The second-order valence-electron chi connectivity index (χ2n) is 4.90. The fraction of sp³-hybridized carbons (Fsp3) is 0.714. The Morgan fingerprint density at radius 2 is 2.28 bits per heavy atom. The summed E-state index contributed by atoms with van der Waals surface area (Å²) in [6, 6.07) is 0. The molecule has 0 bridgehead atoms. The maximum absolute atomic E-state index is 11.3. The lowest BCUT2D eigenvalue weighted by atomic mass is 9.95. The van der Waals surface area contributed by atoms with Gasteiger partial charge in [0.1, 0.15) is 0 Å². The van der Waals surface area contributed by atoms with E-state index >= 15 is 0 Å². The molecule has 1 rings (SSSR count). The van der Waals surface area contributed by atoms with Crippen molar-refractivity contribution in [3.05, 3.63) is 11.6 Å². The average molecular weight is 254 g/mol. The van der Waals surface area contributed by atoms with Gasteiger partial charge in [0, 0.05) is 6.42 Å². The fourth-order valence-corrected chi connectivity index (χ4v) is 2.28. The van der Waals surface area contributed by atoms with Crippen molar-refractivity contribution >= 4 is 12.1 Å². The molecular weight excluding hydrogens is 232 g/mol. The Labute approximate surface area is 108 Å². The third kappa shape index (κ3) is 4.03. The molecule has 0 spiro atoms. The lowest BCUT2D eigenvalue weighted by molar-refractivity contribution is -0.240. The second kappa shape index (κ2) is 6.81. The minimum Gasteiger partial charge on any atom is -0.359 e. The second-order valence-corrected chi connectivity index (χ2v) is 4.90. The summed E-state index contributed by atoms with van der Waals surface area (Å²) in [4.78, 5) is 21.8. The summed E-state index contributed by atoms with van der Waals surface area (Å²) in [5, 5.41) is 9.96. The Hall–Kier alpha value is -1.00. The third-order valence-electron chi connectivity index (χ3n) is 3.31. The van der Waals surface area contributed by atoms with Gasteiger partial charge in [-0.2, -0.15) is 0 Å². The molecule has 1 aliphatic rings. The van der Waals surface area contributed by atoms with E-state index in [0.29, 0.717) is 6.42 Å². The van der Waals surface area contributed by atoms with E-state index in [1.54, 1.807) is 0 Å². The van der Waals surface area contributed by atoms with E-state index in [2.05, 4.69) is 19.9 Å². The predicted octanol–water partition coefficient (Wildman–Crippen LogP) is 2.15. The Morgan fingerprint density at radius 1 is 1.56 bits per heavy atom. The molecule has 1 heterocycles. The minimum absolute atomic E-state index is 0.143. The van der Waals surface area contributed by atoms with Crippen LogP contribution in [-0.4, -0.2) is 29.1 Å². The van der Waals surface area contributed by atoms with Gasteiger partial charge in [-0.1, -0.05) is 18.6 Å². The van der Waals surface area contributed by atoms with Crippen LogP contribution < -0.4 is 0 Å². The number of allylic oxidation sites excluding steroid dienone is 2. The van der Waals surface area contributed by atoms with E-state index in [1.165, 1.54) is 5.57 Å². The molecule has 4 heteroatoms. The van der Waals surface area contributed by atoms with Gasteiger partial charge in [0.2, 0.25) is 5.79 Å². The van der Waals surface area contributed by atoms with Gasteiger partial charge >= 0.3 is 0 Å². The number of aldehydes is 1. The molecule has 2 atom stereocenters. The van der Waals surface area contributed by atoms with Crippen molar-refractivity contribution in [1.82, 2.24) is 0 Å². The first-order valence-electron chi connectivity index (χ1n) is 6.57. The summed E-state index contributed by atoms with van der Waals surface area (Å²) < 4.78 is 5.40. The first-order valence-corrected chi connectivity index (χ1v) is 6.57. The van der Waals surface area contributed by atoms with Crippen molar-refractivity contribution in [2.45, 2.75) is 64.3 Å². The molecule has 0 saturated carbocycles. The van der Waals surface area contributed by atoms with Crippen molar-refractivity contribution in [2.24, 2.45) is 0 Å². The van der Waals surface area contributed by atoms with E-state index in [1.807, 2.05) is 0 Å². The lowest BCUT2D eigenvalue weighted by Gasteiger charge is -2.34. The predicted molar refractivity (Wildman–Crippen MR) is 68.0 cm³/mol. The zero-order valence-corrected chi connectivity index (χ0v) is 11.1. The van der Waals surface area contributed by atoms with Crippen LogP contribution in [0.25, 0.3) is 0 Å². The SMILES string of the molecule is CC/C=C(\C)CC[C@@H]1CCCC(O)(C(=O)C=O)O1. The van der Waals surface area contributed by atoms with E-state index < -0.39 is 11.6 Å². The number of ether oxygens (including phenoxy) is 1. The van der Waals surface area contributed by atoms with Crippen LogP contribution in [0.4, 0.5) is 0 Å². The van der Waals surface area contributed by atoms with Crippen molar-refractivity contribution in [3.63, 3.8) is 0 Å². The van der Waals surface area contributed by atoms with Crippen LogP contribution in [0.15, 0.2) is 11.6 Å². The van der Waals surface area contributed by atoms with Crippen LogP contribution in [0.3, 0.4) is 0 Å². The molecule has 0 radical (unpaired) electrons. The quantitative estimate of drug-likeness (QED) is 0.448. The summed E-state index contributed by atoms with van der Waals surface area (Å²) in [7, 11) is 0. The first-order chi connectivity index (χ1) is 8.51. The molecule has 0 aromatic heterocycles. The van der Waals surface area contributed by atoms with Gasteiger partial charge in [0.15, 0.2) is 6.29 Å². The van der Waals surface area contributed by atoms with E-state index in [9.17, 15) is 14.7 Å². The van der Waals surface area contributed by atoms with Crippen LogP contribution in [0.1, 0.15) is 52.4 Å². The number of hydrogen-bond donors (Lipinski definition) is 1. The zero-order chi connectivity index (χ0) is 13.6. The standard InChI is InChI=1S/C14H22O4/c1-3-5-11(2)7-8-12-6-4-9-14(17,18-12)13(16)10-15/h5,10,12,17H,3-4,6-9H2,1-2H3/b11-5+/t12-,14?/m0/s1. The van der Waals surface area contributed by atoms with E-state index in [4.69, 9.17) is 4.74 Å². The van der Waals surface area contributed by atoms with Gasteiger partial charge in [-0.05, 0) is 39.0 Å². The van der Waals surface area contributed by atoms with Crippen LogP contribution in [-0.2, 0) is 14.3 Å². The van der Waals surface area contributed by atoms with Crippen LogP contribution in [0.2, 0.25) is 0 Å². The molecule has 1 aliphatic heterocycles. The Bertz CT molecular complexity index is 335. The first kappa shape index (κ1) is 15.1. The normalized spacial score (nSPS) is 29.1. The van der Waals surface area contributed by atoms with Crippen LogP contribution in [0.5, 0.6) is 0 Å². The number of rotatable bonds is 6. The van der Waals surface area contributed by atoms with Gasteiger partial charge in [-0.15, -0.1) is 0 Å². The van der Waals surface area contributed by atoms with Crippen molar-refractivity contribution in [2.75, 3.05) is 0 Å². The molecule has 18 heavy (non-hydrogen) atoms. The average Bonchev–Trinajstić information content (AvgIpc) is 2.36. The fourth-order valence-electron chi connectivity index (χ4n) is 2.28. The molecule has 0 amide bonds. The third-order valence-corrected chi connectivity index (χ3v) is 3.31. The van der Waals surface area contributed by atoms with Gasteiger partial charge in [-0.25, -0.2) is 0 Å². The highest BCUT2D eigenvalue weighted by atomic mass is 16.6. The Kier molecular flexibility index (Phi) is 5.69. The Balaban J connectivity index is 2.51. The lowest BCUT2D eigenvalue weighted by Crippen LogP contribution is -2.47.